The number of aromatic nitrogens is 1. The van der Waals surface area contributed by atoms with E-state index in [0.717, 1.165) is 36.9 Å². The molecule has 24 heavy (non-hydrogen) atoms. The first-order chi connectivity index (χ1) is 11.4. The number of hydrogen-bond donors (Lipinski definition) is 2. The highest BCUT2D eigenvalue weighted by Crippen LogP contribution is 2.17. The number of thioether (sulfide) groups is 1. The van der Waals surface area contributed by atoms with Crippen molar-refractivity contribution in [1.29, 1.82) is 0 Å². The van der Waals surface area contributed by atoms with Gasteiger partial charge >= 0.3 is 0 Å². The van der Waals surface area contributed by atoms with Gasteiger partial charge in [-0.2, -0.15) is 0 Å². The Morgan fingerprint density at radius 3 is 2.58 bits per heavy atom. The minimum absolute atomic E-state index is 0. The second kappa shape index (κ2) is 13.1. The fraction of sp³-hybridized carbons (Fsp3) is 0.333. The molecule has 130 valence electrons. The lowest BCUT2D eigenvalue weighted by Crippen LogP contribution is -2.37. The molecule has 2 aromatic rings. The Labute approximate surface area is 166 Å². The first-order valence-corrected chi connectivity index (χ1v) is 8.97. The molecule has 0 aliphatic carbocycles. The molecule has 1 aromatic heterocycles. The van der Waals surface area contributed by atoms with Crippen molar-refractivity contribution in [2.75, 3.05) is 18.8 Å². The van der Waals surface area contributed by atoms with Gasteiger partial charge < -0.3 is 10.6 Å². The molecule has 0 radical (unpaired) electrons. The van der Waals surface area contributed by atoms with Gasteiger partial charge in [-0.25, -0.2) is 4.99 Å². The third-order valence-electron chi connectivity index (χ3n) is 3.10. The number of hydrogen-bond acceptors (Lipinski definition) is 3. The first-order valence-electron chi connectivity index (χ1n) is 7.98. The number of aliphatic imine (C=N–C) groups is 1. The summed E-state index contributed by atoms with van der Waals surface area (Å²) >= 11 is 1.89. The van der Waals surface area contributed by atoms with E-state index in [1.165, 1.54) is 4.90 Å². The molecule has 0 saturated heterocycles. The van der Waals surface area contributed by atoms with E-state index in [9.17, 15) is 0 Å². The molecule has 4 nitrogen and oxygen atoms in total. The van der Waals surface area contributed by atoms with E-state index in [2.05, 4.69) is 51.8 Å². The average Bonchev–Trinajstić information content (AvgIpc) is 2.61. The quantitative estimate of drug-likeness (QED) is 0.208. The van der Waals surface area contributed by atoms with Gasteiger partial charge in [0.1, 0.15) is 0 Å². The summed E-state index contributed by atoms with van der Waals surface area (Å²) in [4.78, 5) is 10.2. The topological polar surface area (TPSA) is 49.3 Å². The monoisotopic (exact) mass is 456 g/mol. The number of guanidine groups is 1. The summed E-state index contributed by atoms with van der Waals surface area (Å²) in [5.74, 6) is 1.94. The van der Waals surface area contributed by atoms with Crippen LogP contribution in [0.15, 0.2) is 64.6 Å². The van der Waals surface area contributed by atoms with Crippen LogP contribution in [0.2, 0.25) is 0 Å². The third-order valence-corrected chi connectivity index (χ3v) is 4.19. The minimum atomic E-state index is 0. The van der Waals surface area contributed by atoms with Crippen molar-refractivity contribution >= 4 is 41.7 Å². The van der Waals surface area contributed by atoms with Crippen LogP contribution in [-0.4, -0.2) is 29.8 Å². The number of rotatable bonds is 8. The van der Waals surface area contributed by atoms with Crippen LogP contribution < -0.4 is 10.6 Å². The Morgan fingerprint density at radius 1 is 1.08 bits per heavy atom. The molecule has 0 saturated carbocycles. The smallest absolute Gasteiger partial charge is 0.191 e. The molecule has 0 unspecified atom stereocenters. The van der Waals surface area contributed by atoms with Crippen LogP contribution in [0, 0.1) is 0 Å². The van der Waals surface area contributed by atoms with Gasteiger partial charge in [-0.05, 0) is 43.4 Å². The number of halogens is 1. The average molecular weight is 456 g/mol. The highest BCUT2D eigenvalue weighted by molar-refractivity contribution is 14.0. The van der Waals surface area contributed by atoms with Crippen molar-refractivity contribution in [3.8, 4) is 0 Å². The SMILES string of the molecule is CCNC(=NCc1ccccn1)NCCCSc1ccccc1.I. The van der Waals surface area contributed by atoms with Crippen molar-refractivity contribution < 1.29 is 0 Å². The zero-order chi connectivity index (χ0) is 16.2. The van der Waals surface area contributed by atoms with Crippen LogP contribution in [-0.2, 0) is 6.54 Å². The van der Waals surface area contributed by atoms with Crippen molar-refractivity contribution in [2.24, 2.45) is 4.99 Å². The van der Waals surface area contributed by atoms with Crippen LogP contribution in [0.25, 0.3) is 0 Å². The molecule has 1 heterocycles. The van der Waals surface area contributed by atoms with E-state index < -0.39 is 0 Å². The molecule has 0 spiro atoms. The number of nitrogens with one attached hydrogen (secondary N) is 2. The largest absolute Gasteiger partial charge is 0.357 e. The molecule has 0 aliphatic heterocycles. The van der Waals surface area contributed by atoms with E-state index >= 15 is 0 Å². The molecular weight excluding hydrogens is 431 g/mol. The van der Waals surface area contributed by atoms with E-state index in [1.54, 1.807) is 6.20 Å². The number of benzene rings is 1. The Bertz CT molecular complexity index is 578. The van der Waals surface area contributed by atoms with Crippen LogP contribution in [0.4, 0.5) is 0 Å². The molecular formula is C18H25IN4S. The minimum Gasteiger partial charge on any atom is -0.357 e. The highest BCUT2D eigenvalue weighted by atomic mass is 127. The summed E-state index contributed by atoms with van der Waals surface area (Å²) in [6.45, 7) is 4.43. The van der Waals surface area contributed by atoms with E-state index in [0.29, 0.717) is 6.54 Å². The molecule has 0 amide bonds. The number of pyridine rings is 1. The lowest BCUT2D eigenvalue weighted by molar-refractivity contribution is 0.787. The maximum absolute atomic E-state index is 4.56. The summed E-state index contributed by atoms with van der Waals surface area (Å²) in [6, 6.07) is 16.4. The summed E-state index contributed by atoms with van der Waals surface area (Å²) in [6.07, 6.45) is 2.89. The summed E-state index contributed by atoms with van der Waals surface area (Å²) in [5, 5.41) is 6.64. The van der Waals surface area contributed by atoms with Gasteiger partial charge in [-0.3, -0.25) is 4.98 Å². The standard InChI is InChI=1S/C18H24N4S.HI/c1-2-19-18(22-15-16-9-6-7-12-20-16)21-13-8-14-23-17-10-4-3-5-11-17;/h3-7,9-12H,2,8,13-15H2,1H3,(H2,19,21,22);1H. The van der Waals surface area contributed by atoms with Gasteiger partial charge in [0, 0.05) is 24.2 Å². The van der Waals surface area contributed by atoms with Crippen LogP contribution >= 0.6 is 35.7 Å². The Morgan fingerprint density at radius 2 is 1.88 bits per heavy atom. The summed E-state index contributed by atoms with van der Waals surface area (Å²) in [7, 11) is 0. The van der Waals surface area contributed by atoms with Crippen molar-refractivity contribution in [2.45, 2.75) is 24.8 Å². The summed E-state index contributed by atoms with van der Waals surface area (Å²) in [5.41, 5.74) is 0.976. The maximum Gasteiger partial charge on any atom is 0.191 e. The molecule has 0 bridgehead atoms. The first kappa shape index (κ1) is 20.8. The fourth-order valence-corrected chi connectivity index (χ4v) is 2.85. The van der Waals surface area contributed by atoms with Gasteiger partial charge in [0.15, 0.2) is 5.96 Å². The fourth-order valence-electron chi connectivity index (χ4n) is 1.98. The Kier molecular flexibility index (Phi) is 11.3. The third kappa shape index (κ3) is 8.54. The lowest BCUT2D eigenvalue weighted by Gasteiger charge is -2.11. The van der Waals surface area contributed by atoms with E-state index in [1.807, 2.05) is 36.0 Å². The van der Waals surface area contributed by atoms with Gasteiger partial charge in [-0.15, -0.1) is 35.7 Å². The molecule has 2 N–H and O–H groups in total. The van der Waals surface area contributed by atoms with Crippen molar-refractivity contribution in [3.05, 3.63) is 60.4 Å². The normalized spacial score (nSPS) is 10.8. The van der Waals surface area contributed by atoms with Crippen LogP contribution in [0.3, 0.4) is 0 Å². The van der Waals surface area contributed by atoms with E-state index in [4.69, 9.17) is 0 Å². The predicted octanol–water partition coefficient (Wildman–Crippen LogP) is 3.94. The second-order valence-corrected chi connectivity index (χ2v) is 6.13. The zero-order valence-corrected chi connectivity index (χ0v) is 17.1. The van der Waals surface area contributed by atoms with Gasteiger partial charge in [0.2, 0.25) is 0 Å². The number of nitrogens with zero attached hydrogens (tertiary/aromatic N) is 2. The van der Waals surface area contributed by atoms with E-state index in [-0.39, 0.29) is 24.0 Å². The lowest BCUT2D eigenvalue weighted by atomic mass is 10.3. The Balaban J connectivity index is 0.00000288. The molecule has 0 fully saturated rings. The Hall–Kier alpha value is -1.28. The van der Waals surface area contributed by atoms with Crippen molar-refractivity contribution in [1.82, 2.24) is 15.6 Å². The maximum atomic E-state index is 4.56. The predicted molar refractivity (Wildman–Crippen MR) is 114 cm³/mol. The molecule has 0 aliphatic rings. The molecule has 6 heteroatoms. The van der Waals surface area contributed by atoms with Gasteiger partial charge in [0.25, 0.3) is 0 Å². The molecule has 0 atom stereocenters. The van der Waals surface area contributed by atoms with Crippen LogP contribution in [0.1, 0.15) is 19.0 Å². The summed E-state index contributed by atoms with van der Waals surface area (Å²) < 4.78 is 0. The zero-order valence-electron chi connectivity index (χ0n) is 13.9. The van der Waals surface area contributed by atoms with Crippen molar-refractivity contribution in [3.63, 3.8) is 0 Å². The highest BCUT2D eigenvalue weighted by Gasteiger charge is 1.98. The van der Waals surface area contributed by atoms with Crippen LogP contribution in [0.5, 0.6) is 0 Å². The van der Waals surface area contributed by atoms with Gasteiger partial charge in [0.05, 0.1) is 12.2 Å². The molecule has 2 rings (SSSR count). The second-order valence-electron chi connectivity index (χ2n) is 4.96. The molecule has 1 aromatic carbocycles. The van der Waals surface area contributed by atoms with Gasteiger partial charge in [-0.1, -0.05) is 24.3 Å².